The molecular formula is C11H22O3S. The Balaban J connectivity index is 2.12. The second kappa shape index (κ2) is 4.83. The van der Waals surface area contributed by atoms with Gasteiger partial charge in [0, 0.05) is 0 Å². The van der Waals surface area contributed by atoms with Crippen LogP contribution in [-0.4, -0.2) is 21.3 Å². The average molecular weight is 234 g/mol. The van der Waals surface area contributed by atoms with Crippen molar-refractivity contribution in [1.82, 2.24) is 0 Å². The molecule has 4 heteroatoms. The van der Waals surface area contributed by atoms with Crippen LogP contribution in [0.1, 0.15) is 46.0 Å². The lowest BCUT2D eigenvalue weighted by molar-refractivity contribution is 0.290. The SMILES string of the molecule is CC1(C)CC[C@@H](CCCOS(C)(=O)=O)C1. The van der Waals surface area contributed by atoms with E-state index < -0.39 is 10.1 Å². The Kier molecular flexibility index (Phi) is 4.18. The largest absolute Gasteiger partial charge is 0.270 e. The van der Waals surface area contributed by atoms with Crippen LogP contribution in [0.25, 0.3) is 0 Å². The molecule has 90 valence electrons. The Labute approximate surface area is 93.3 Å². The third-order valence-electron chi connectivity index (χ3n) is 3.12. The molecule has 1 aliphatic rings. The minimum atomic E-state index is -3.24. The highest BCUT2D eigenvalue weighted by Gasteiger charge is 2.30. The summed E-state index contributed by atoms with van der Waals surface area (Å²) < 4.78 is 26.1. The second-order valence-electron chi connectivity index (χ2n) is 5.44. The molecule has 0 aliphatic heterocycles. The molecule has 0 aromatic carbocycles. The van der Waals surface area contributed by atoms with Gasteiger partial charge >= 0.3 is 0 Å². The lowest BCUT2D eigenvalue weighted by Crippen LogP contribution is -2.07. The van der Waals surface area contributed by atoms with E-state index in [-0.39, 0.29) is 0 Å². The van der Waals surface area contributed by atoms with E-state index in [2.05, 4.69) is 13.8 Å². The van der Waals surface area contributed by atoms with Crippen molar-refractivity contribution >= 4 is 10.1 Å². The number of hydrogen-bond donors (Lipinski definition) is 0. The van der Waals surface area contributed by atoms with Gasteiger partial charge in [-0.2, -0.15) is 8.42 Å². The average Bonchev–Trinajstić information content (AvgIpc) is 2.38. The Hall–Kier alpha value is -0.0900. The normalized spacial score (nSPS) is 25.7. The molecule has 1 aliphatic carbocycles. The molecule has 0 heterocycles. The van der Waals surface area contributed by atoms with Crippen molar-refractivity contribution < 1.29 is 12.6 Å². The Morgan fingerprint density at radius 3 is 2.53 bits per heavy atom. The molecule has 1 atom stereocenters. The van der Waals surface area contributed by atoms with Crippen LogP contribution in [-0.2, 0) is 14.3 Å². The molecule has 0 spiro atoms. The quantitative estimate of drug-likeness (QED) is 0.542. The van der Waals surface area contributed by atoms with Crippen molar-refractivity contribution in [1.29, 1.82) is 0 Å². The monoisotopic (exact) mass is 234 g/mol. The zero-order valence-corrected chi connectivity index (χ0v) is 10.8. The second-order valence-corrected chi connectivity index (χ2v) is 7.09. The fourth-order valence-electron chi connectivity index (χ4n) is 2.41. The topological polar surface area (TPSA) is 43.4 Å². The molecule has 0 N–H and O–H groups in total. The summed E-state index contributed by atoms with van der Waals surface area (Å²) in [4.78, 5) is 0. The van der Waals surface area contributed by atoms with Crippen molar-refractivity contribution in [2.75, 3.05) is 12.9 Å². The lowest BCUT2D eigenvalue weighted by atomic mass is 9.89. The van der Waals surface area contributed by atoms with Gasteiger partial charge in [0.15, 0.2) is 0 Å². The summed E-state index contributed by atoms with van der Waals surface area (Å²) in [7, 11) is -3.24. The van der Waals surface area contributed by atoms with E-state index in [1.165, 1.54) is 19.3 Å². The van der Waals surface area contributed by atoms with E-state index >= 15 is 0 Å². The van der Waals surface area contributed by atoms with Gasteiger partial charge in [0.1, 0.15) is 0 Å². The molecule has 0 aromatic heterocycles. The molecule has 1 fully saturated rings. The van der Waals surface area contributed by atoms with Crippen molar-refractivity contribution in [3.05, 3.63) is 0 Å². The summed E-state index contributed by atoms with van der Waals surface area (Å²) in [5.41, 5.74) is 0.488. The highest BCUT2D eigenvalue weighted by molar-refractivity contribution is 7.85. The van der Waals surface area contributed by atoms with E-state index in [1.54, 1.807) is 0 Å². The van der Waals surface area contributed by atoms with Gasteiger partial charge in [-0.25, -0.2) is 0 Å². The van der Waals surface area contributed by atoms with Gasteiger partial charge in [-0.15, -0.1) is 0 Å². The maximum Gasteiger partial charge on any atom is 0.264 e. The summed E-state index contributed by atoms with van der Waals surface area (Å²) in [5, 5.41) is 0. The molecule has 0 saturated heterocycles. The predicted molar refractivity (Wildman–Crippen MR) is 61.2 cm³/mol. The van der Waals surface area contributed by atoms with Gasteiger partial charge in [-0.3, -0.25) is 4.18 Å². The van der Waals surface area contributed by atoms with Crippen LogP contribution < -0.4 is 0 Å². The standard InChI is InChI=1S/C11H22O3S/c1-11(2)7-6-10(9-11)5-4-8-14-15(3,12)13/h10H,4-9H2,1-3H3/t10-/m1/s1. The van der Waals surface area contributed by atoms with Crippen LogP contribution in [0.5, 0.6) is 0 Å². The predicted octanol–water partition coefficient (Wildman–Crippen LogP) is 2.57. The third-order valence-corrected chi connectivity index (χ3v) is 3.72. The first-order valence-electron chi connectivity index (χ1n) is 5.63. The zero-order chi connectivity index (χ0) is 11.5. The smallest absolute Gasteiger partial charge is 0.264 e. The summed E-state index contributed by atoms with van der Waals surface area (Å²) in [5.74, 6) is 0.767. The van der Waals surface area contributed by atoms with Gasteiger partial charge in [-0.05, 0) is 43.4 Å². The molecule has 1 rings (SSSR count). The molecule has 0 amide bonds. The first-order valence-corrected chi connectivity index (χ1v) is 7.45. The van der Waals surface area contributed by atoms with Crippen molar-refractivity contribution in [2.45, 2.75) is 46.0 Å². The highest BCUT2D eigenvalue weighted by Crippen LogP contribution is 2.42. The first kappa shape index (κ1) is 13.0. The number of hydrogen-bond acceptors (Lipinski definition) is 3. The summed E-state index contributed by atoms with van der Waals surface area (Å²) >= 11 is 0. The summed E-state index contributed by atoms with van der Waals surface area (Å²) in [6, 6.07) is 0. The molecule has 0 bridgehead atoms. The van der Waals surface area contributed by atoms with Crippen molar-refractivity contribution in [2.24, 2.45) is 11.3 Å². The molecule has 0 unspecified atom stereocenters. The number of rotatable bonds is 5. The first-order chi connectivity index (χ1) is 6.79. The summed E-state index contributed by atoms with van der Waals surface area (Å²) in [6.07, 6.45) is 6.90. The van der Waals surface area contributed by atoms with Crippen LogP contribution in [0, 0.1) is 11.3 Å². The van der Waals surface area contributed by atoms with Crippen LogP contribution in [0.4, 0.5) is 0 Å². The molecule has 0 radical (unpaired) electrons. The third kappa shape index (κ3) is 5.52. The van der Waals surface area contributed by atoms with Crippen LogP contribution in [0.2, 0.25) is 0 Å². The Morgan fingerprint density at radius 2 is 2.07 bits per heavy atom. The fraction of sp³-hybridized carbons (Fsp3) is 1.00. The van der Waals surface area contributed by atoms with Crippen LogP contribution in [0.15, 0.2) is 0 Å². The molecule has 0 aromatic rings. The maximum absolute atomic E-state index is 10.7. The van der Waals surface area contributed by atoms with Gasteiger partial charge in [0.2, 0.25) is 0 Å². The van der Waals surface area contributed by atoms with Gasteiger partial charge in [-0.1, -0.05) is 13.8 Å². The van der Waals surface area contributed by atoms with Gasteiger partial charge < -0.3 is 0 Å². The Bertz CT molecular complexity index is 293. The van der Waals surface area contributed by atoms with Gasteiger partial charge in [0.25, 0.3) is 10.1 Å². The lowest BCUT2D eigenvalue weighted by Gasteiger charge is -2.16. The zero-order valence-electron chi connectivity index (χ0n) is 9.95. The van der Waals surface area contributed by atoms with Crippen LogP contribution in [0.3, 0.4) is 0 Å². The molecule has 1 saturated carbocycles. The molecule has 15 heavy (non-hydrogen) atoms. The van der Waals surface area contributed by atoms with Crippen molar-refractivity contribution in [3.8, 4) is 0 Å². The van der Waals surface area contributed by atoms with E-state index in [1.807, 2.05) is 0 Å². The van der Waals surface area contributed by atoms with Crippen molar-refractivity contribution in [3.63, 3.8) is 0 Å². The van der Waals surface area contributed by atoms with Crippen LogP contribution >= 0.6 is 0 Å². The fourth-order valence-corrected chi connectivity index (χ4v) is 2.83. The van der Waals surface area contributed by atoms with E-state index in [4.69, 9.17) is 4.18 Å². The highest BCUT2D eigenvalue weighted by atomic mass is 32.2. The Morgan fingerprint density at radius 1 is 1.40 bits per heavy atom. The molecular weight excluding hydrogens is 212 g/mol. The van der Waals surface area contributed by atoms with Gasteiger partial charge in [0.05, 0.1) is 12.9 Å². The minimum Gasteiger partial charge on any atom is -0.270 e. The summed E-state index contributed by atoms with van der Waals surface area (Å²) in [6.45, 7) is 4.95. The molecule has 3 nitrogen and oxygen atoms in total. The van der Waals surface area contributed by atoms with E-state index in [9.17, 15) is 8.42 Å². The minimum absolute atomic E-state index is 0.343. The maximum atomic E-state index is 10.7. The van der Waals surface area contributed by atoms with E-state index in [0.29, 0.717) is 12.0 Å². The van der Waals surface area contributed by atoms with E-state index in [0.717, 1.165) is 25.0 Å².